The van der Waals surface area contributed by atoms with Crippen LogP contribution in [0, 0.1) is 0 Å². The van der Waals surface area contributed by atoms with Gasteiger partial charge < -0.3 is 9.64 Å². The van der Waals surface area contributed by atoms with Crippen LogP contribution in [0.25, 0.3) is 27.9 Å². The average molecular weight is 422 g/mol. The van der Waals surface area contributed by atoms with Gasteiger partial charge in [0.1, 0.15) is 12.1 Å². The fraction of sp³-hybridized carbons (Fsp3) is 0.200. The van der Waals surface area contributed by atoms with Gasteiger partial charge in [0.15, 0.2) is 5.65 Å². The molecule has 2 aromatic carbocycles. The van der Waals surface area contributed by atoms with E-state index in [9.17, 15) is 0 Å². The number of ether oxygens (including phenoxy) is 1. The normalized spacial score (nSPS) is 13.6. The molecule has 158 valence electrons. The SMILES string of the molecule is COc1ccc2c(N(C)c3cccc(-c4ccc(C5CC5)cc4)c3)nc3nncn3c2n1. The molecule has 0 atom stereocenters. The minimum atomic E-state index is 0.493. The summed E-state index contributed by atoms with van der Waals surface area (Å²) in [7, 11) is 3.61. The summed E-state index contributed by atoms with van der Waals surface area (Å²) in [4.78, 5) is 11.5. The number of hydrogen-bond acceptors (Lipinski definition) is 6. The maximum atomic E-state index is 5.33. The van der Waals surface area contributed by atoms with E-state index >= 15 is 0 Å². The molecule has 0 amide bonds. The Hall–Kier alpha value is -4.00. The lowest BCUT2D eigenvalue weighted by Gasteiger charge is -2.21. The summed E-state index contributed by atoms with van der Waals surface area (Å²) in [6.07, 6.45) is 4.25. The number of anilines is 2. The van der Waals surface area contributed by atoms with Crippen LogP contribution < -0.4 is 9.64 Å². The van der Waals surface area contributed by atoms with Gasteiger partial charge in [-0.2, -0.15) is 9.97 Å². The second-order valence-corrected chi connectivity index (χ2v) is 8.17. The highest BCUT2D eigenvalue weighted by Crippen LogP contribution is 2.40. The molecule has 5 aromatic rings. The van der Waals surface area contributed by atoms with Crippen molar-refractivity contribution >= 4 is 28.3 Å². The predicted octanol–water partition coefficient (Wildman–Crippen LogP) is 4.99. The smallest absolute Gasteiger partial charge is 0.258 e. The molecule has 1 saturated carbocycles. The van der Waals surface area contributed by atoms with Crippen LogP contribution in [-0.2, 0) is 0 Å². The molecular weight excluding hydrogens is 400 g/mol. The van der Waals surface area contributed by atoms with Gasteiger partial charge in [0.2, 0.25) is 5.88 Å². The molecule has 7 nitrogen and oxygen atoms in total. The van der Waals surface area contributed by atoms with Crippen LogP contribution in [-0.4, -0.2) is 38.7 Å². The summed E-state index contributed by atoms with van der Waals surface area (Å²) in [6.45, 7) is 0. The first-order valence-electron chi connectivity index (χ1n) is 10.7. The van der Waals surface area contributed by atoms with Gasteiger partial charge in [0.25, 0.3) is 5.78 Å². The standard InChI is InChI=1S/C25H22N6O/c1-30(20-5-3-4-19(14-20)18-10-8-17(9-11-18)16-6-7-16)23-21-12-13-22(32-2)27-24(21)31-15-26-29-25(31)28-23/h3-5,8-16H,6-7H2,1-2H3. The third-order valence-corrected chi connectivity index (χ3v) is 6.11. The second kappa shape index (κ2) is 7.30. The third kappa shape index (κ3) is 3.13. The number of benzene rings is 2. The van der Waals surface area contributed by atoms with Crippen molar-refractivity contribution in [3.8, 4) is 17.0 Å². The van der Waals surface area contributed by atoms with Gasteiger partial charge in [-0.1, -0.05) is 36.4 Å². The molecule has 1 aliphatic rings. The highest BCUT2D eigenvalue weighted by Gasteiger charge is 2.23. The highest BCUT2D eigenvalue weighted by atomic mass is 16.5. The van der Waals surface area contributed by atoms with Crippen molar-refractivity contribution in [3.63, 3.8) is 0 Å². The van der Waals surface area contributed by atoms with Gasteiger partial charge in [-0.3, -0.25) is 0 Å². The number of aromatic nitrogens is 5. The minimum Gasteiger partial charge on any atom is -0.481 e. The van der Waals surface area contributed by atoms with E-state index in [-0.39, 0.29) is 0 Å². The molecule has 3 aromatic heterocycles. The van der Waals surface area contributed by atoms with Crippen molar-refractivity contribution in [1.82, 2.24) is 24.6 Å². The summed E-state index contributed by atoms with van der Waals surface area (Å²) in [6, 6.07) is 21.3. The van der Waals surface area contributed by atoms with Crippen LogP contribution >= 0.6 is 0 Å². The predicted molar refractivity (Wildman–Crippen MR) is 125 cm³/mol. The second-order valence-electron chi connectivity index (χ2n) is 8.17. The van der Waals surface area contributed by atoms with E-state index in [1.807, 2.05) is 19.2 Å². The molecule has 0 aliphatic heterocycles. The maximum Gasteiger partial charge on any atom is 0.258 e. The molecule has 0 radical (unpaired) electrons. The van der Waals surface area contributed by atoms with E-state index in [4.69, 9.17) is 9.72 Å². The van der Waals surface area contributed by atoms with Crippen molar-refractivity contribution in [2.45, 2.75) is 18.8 Å². The first kappa shape index (κ1) is 18.7. The van der Waals surface area contributed by atoms with Gasteiger partial charge in [0.05, 0.1) is 12.5 Å². The summed E-state index contributed by atoms with van der Waals surface area (Å²) in [5.74, 6) is 2.55. The Morgan fingerprint density at radius 2 is 1.81 bits per heavy atom. The number of rotatable bonds is 5. The zero-order valence-electron chi connectivity index (χ0n) is 17.9. The van der Waals surface area contributed by atoms with Crippen molar-refractivity contribution in [3.05, 3.63) is 72.6 Å². The first-order chi connectivity index (χ1) is 15.7. The summed E-state index contributed by atoms with van der Waals surface area (Å²) < 4.78 is 7.10. The number of pyridine rings is 1. The van der Waals surface area contributed by atoms with E-state index in [1.54, 1.807) is 17.8 Å². The fourth-order valence-corrected chi connectivity index (χ4v) is 4.15. The van der Waals surface area contributed by atoms with Gasteiger partial charge in [-0.25, -0.2) is 4.40 Å². The van der Waals surface area contributed by atoms with Gasteiger partial charge in [0, 0.05) is 18.8 Å². The van der Waals surface area contributed by atoms with Crippen LogP contribution in [0.5, 0.6) is 5.88 Å². The molecule has 0 spiro atoms. The van der Waals surface area contributed by atoms with Crippen molar-refractivity contribution in [2.75, 3.05) is 19.1 Å². The van der Waals surface area contributed by atoms with Gasteiger partial charge in [-0.05, 0) is 53.6 Å². The Bertz CT molecular complexity index is 1440. The van der Waals surface area contributed by atoms with E-state index < -0.39 is 0 Å². The Balaban J connectivity index is 1.43. The Morgan fingerprint density at radius 3 is 2.59 bits per heavy atom. The molecular formula is C25H22N6O. The van der Waals surface area contributed by atoms with E-state index in [0.29, 0.717) is 17.3 Å². The number of methoxy groups -OCH3 is 1. The van der Waals surface area contributed by atoms with Crippen LogP contribution in [0.1, 0.15) is 24.3 Å². The largest absolute Gasteiger partial charge is 0.481 e. The zero-order chi connectivity index (χ0) is 21.7. The molecule has 1 fully saturated rings. The zero-order valence-corrected chi connectivity index (χ0v) is 17.9. The maximum absolute atomic E-state index is 5.33. The number of hydrogen-bond donors (Lipinski definition) is 0. The quantitative estimate of drug-likeness (QED) is 0.397. The molecule has 1 aliphatic carbocycles. The molecule has 0 bridgehead atoms. The first-order valence-corrected chi connectivity index (χ1v) is 10.7. The van der Waals surface area contributed by atoms with Crippen molar-refractivity contribution < 1.29 is 4.74 Å². The minimum absolute atomic E-state index is 0.493. The topological polar surface area (TPSA) is 68.4 Å². The fourth-order valence-electron chi connectivity index (χ4n) is 4.15. The van der Waals surface area contributed by atoms with Gasteiger partial charge >= 0.3 is 0 Å². The lowest BCUT2D eigenvalue weighted by molar-refractivity contribution is 0.399. The van der Waals surface area contributed by atoms with Crippen LogP contribution in [0.4, 0.5) is 11.5 Å². The van der Waals surface area contributed by atoms with Gasteiger partial charge in [-0.15, -0.1) is 10.2 Å². The molecule has 0 unspecified atom stereocenters. The monoisotopic (exact) mass is 422 g/mol. The number of fused-ring (bicyclic) bond motifs is 3. The third-order valence-electron chi connectivity index (χ3n) is 6.11. The Labute approximate surface area is 185 Å². The van der Waals surface area contributed by atoms with Crippen LogP contribution in [0.3, 0.4) is 0 Å². The average Bonchev–Trinajstić information content (AvgIpc) is 3.59. The number of nitrogens with zero attached hydrogens (tertiary/aromatic N) is 6. The summed E-state index contributed by atoms with van der Waals surface area (Å²) in [5, 5.41) is 9.05. The Morgan fingerprint density at radius 1 is 0.969 bits per heavy atom. The molecule has 6 rings (SSSR count). The van der Waals surface area contributed by atoms with Crippen molar-refractivity contribution in [1.29, 1.82) is 0 Å². The molecule has 3 heterocycles. The van der Waals surface area contributed by atoms with Crippen LogP contribution in [0.15, 0.2) is 67.0 Å². The summed E-state index contributed by atoms with van der Waals surface area (Å²) in [5.41, 5.74) is 5.56. The molecule has 32 heavy (non-hydrogen) atoms. The lowest BCUT2D eigenvalue weighted by atomic mass is 10.0. The molecule has 0 N–H and O–H groups in total. The molecule has 0 saturated heterocycles. The molecule has 7 heteroatoms. The van der Waals surface area contributed by atoms with E-state index in [1.165, 1.54) is 29.5 Å². The highest BCUT2D eigenvalue weighted by molar-refractivity contribution is 5.91. The van der Waals surface area contributed by atoms with E-state index in [2.05, 4.69) is 68.6 Å². The summed E-state index contributed by atoms with van der Waals surface area (Å²) >= 11 is 0. The van der Waals surface area contributed by atoms with E-state index in [0.717, 1.165) is 22.8 Å². The van der Waals surface area contributed by atoms with Crippen LogP contribution in [0.2, 0.25) is 0 Å². The van der Waals surface area contributed by atoms with Crippen molar-refractivity contribution in [2.24, 2.45) is 0 Å². The Kier molecular flexibility index (Phi) is 4.28. The lowest BCUT2D eigenvalue weighted by Crippen LogP contribution is -2.13.